The van der Waals surface area contributed by atoms with E-state index in [1.165, 1.54) is 17.0 Å². The topological polar surface area (TPSA) is 115 Å². The highest BCUT2D eigenvalue weighted by molar-refractivity contribution is 5.93. The normalized spacial score (nSPS) is 22.3. The van der Waals surface area contributed by atoms with Gasteiger partial charge in [-0.25, -0.2) is 27.7 Å². The summed E-state index contributed by atoms with van der Waals surface area (Å²) in [5.41, 5.74) is -0.0473. The lowest BCUT2D eigenvalue weighted by molar-refractivity contribution is -0.121. The monoisotopic (exact) mass is 569 g/mol. The predicted octanol–water partition coefficient (Wildman–Crippen LogP) is 4.27. The number of halogens is 3. The Kier molecular flexibility index (Phi) is 9.29. The average molecular weight is 570 g/mol. The molecule has 41 heavy (non-hydrogen) atoms. The van der Waals surface area contributed by atoms with Gasteiger partial charge in [-0.15, -0.1) is 0 Å². The van der Waals surface area contributed by atoms with Gasteiger partial charge in [0, 0.05) is 42.9 Å². The van der Waals surface area contributed by atoms with E-state index in [2.05, 4.69) is 16.7 Å². The van der Waals surface area contributed by atoms with Crippen LogP contribution in [0.2, 0.25) is 0 Å². The van der Waals surface area contributed by atoms with Crippen LogP contribution in [0.4, 0.5) is 22.8 Å². The fourth-order valence-electron chi connectivity index (χ4n) is 5.40. The number of carbonyl (C=O) groups excluding carboxylic acids is 3. The van der Waals surface area contributed by atoms with E-state index in [-0.39, 0.29) is 31.1 Å². The molecule has 216 valence electrons. The molecule has 3 atom stereocenters. The summed E-state index contributed by atoms with van der Waals surface area (Å²) < 4.78 is 47.9. The Morgan fingerprint density at radius 1 is 1.24 bits per heavy atom. The molecule has 2 aromatic carbocycles. The fourth-order valence-corrected chi connectivity index (χ4v) is 5.40. The Bertz CT molecular complexity index is 1380. The highest BCUT2D eigenvalue weighted by Crippen LogP contribution is 2.46. The summed E-state index contributed by atoms with van der Waals surface area (Å²) >= 11 is 0. The highest BCUT2D eigenvalue weighted by Gasteiger charge is 2.44. The van der Waals surface area contributed by atoms with Crippen molar-refractivity contribution in [1.82, 2.24) is 20.4 Å². The number of hydrogen-bond acceptors (Lipinski definition) is 6. The van der Waals surface area contributed by atoms with Gasteiger partial charge in [0.1, 0.15) is 5.82 Å². The Balaban J connectivity index is 1.44. The third-order valence-corrected chi connectivity index (χ3v) is 7.61. The molecular weight excluding hydrogens is 539 g/mol. The smallest absolute Gasteiger partial charge is 0.424 e. The number of ether oxygens (including phenoxy) is 1. The van der Waals surface area contributed by atoms with Gasteiger partial charge < -0.3 is 20.3 Å². The second-order valence-corrected chi connectivity index (χ2v) is 10.1. The molecule has 1 aliphatic heterocycles. The molecule has 4 rings (SSSR count). The molecule has 2 N–H and O–H groups in total. The number of nitrogens with one attached hydrogen (secondary N) is 2. The molecule has 0 aromatic heterocycles. The minimum absolute atomic E-state index is 0.121. The van der Waals surface area contributed by atoms with E-state index < -0.39 is 47.6 Å². The van der Waals surface area contributed by atoms with Gasteiger partial charge in [0.2, 0.25) is 6.41 Å². The molecule has 0 saturated heterocycles. The number of imide groups is 1. The van der Waals surface area contributed by atoms with Crippen molar-refractivity contribution in [2.75, 3.05) is 26.4 Å². The van der Waals surface area contributed by atoms with Crippen molar-refractivity contribution in [2.24, 2.45) is 0 Å². The average Bonchev–Trinajstić information content (AvgIpc) is 2.96. The van der Waals surface area contributed by atoms with Gasteiger partial charge in [-0.3, -0.25) is 4.79 Å². The number of allylic oxidation sites excluding steroid dienone is 1. The number of nitriles is 1. The molecule has 0 bridgehead atoms. The fraction of sp³-hybridized carbons (Fsp3) is 0.379. The molecule has 4 amide bonds. The van der Waals surface area contributed by atoms with Gasteiger partial charge in [-0.1, -0.05) is 24.3 Å². The lowest BCUT2D eigenvalue weighted by atomic mass is 9.63. The molecule has 1 heterocycles. The van der Waals surface area contributed by atoms with Crippen LogP contribution in [0.1, 0.15) is 43.2 Å². The van der Waals surface area contributed by atoms with E-state index in [1.54, 1.807) is 31.2 Å². The van der Waals surface area contributed by atoms with E-state index in [0.29, 0.717) is 37.1 Å². The van der Waals surface area contributed by atoms with Crippen molar-refractivity contribution in [3.8, 4) is 6.07 Å². The molecule has 0 spiro atoms. The summed E-state index contributed by atoms with van der Waals surface area (Å²) in [5, 5.41) is 16.0. The van der Waals surface area contributed by atoms with Gasteiger partial charge in [0.05, 0.1) is 11.5 Å². The number of nitrogens with zero attached hydrogens (tertiary/aromatic N) is 3. The first-order valence-electron chi connectivity index (χ1n) is 13.1. The van der Waals surface area contributed by atoms with Crippen LogP contribution in [0.15, 0.2) is 54.2 Å². The van der Waals surface area contributed by atoms with Crippen molar-refractivity contribution in [1.29, 1.82) is 5.26 Å². The summed E-state index contributed by atoms with van der Waals surface area (Å²) in [6.07, 6.45) is 2.11. The van der Waals surface area contributed by atoms with E-state index in [9.17, 15) is 32.8 Å². The largest absolute Gasteiger partial charge is 0.427 e. The van der Waals surface area contributed by atoms with Crippen LogP contribution in [-0.2, 0) is 14.9 Å². The first-order chi connectivity index (χ1) is 19.7. The number of benzene rings is 2. The molecular formula is C29H30F3N5O4. The molecule has 1 aliphatic carbocycles. The Morgan fingerprint density at radius 3 is 2.71 bits per heavy atom. The minimum Gasteiger partial charge on any atom is -0.427 e. The zero-order chi connectivity index (χ0) is 29.6. The molecule has 1 unspecified atom stereocenters. The van der Waals surface area contributed by atoms with E-state index in [1.807, 2.05) is 0 Å². The van der Waals surface area contributed by atoms with Gasteiger partial charge in [-0.05, 0) is 56.0 Å². The minimum atomic E-state index is -1.17. The summed E-state index contributed by atoms with van der Waals surface area (Å²) in [6, 6.07) is 11.0. The lowest BCUT2D eigenvalue weighted by Gasteiger charge is -2.42. The van der Waals surface area contributed by atoms with Crippen LogP contribution < -0.4 is 10.6 Å². The zero-order valence-electron chi connectivity index (χ0n) is 22.4. The lowest BCUT2D eigenvalue weighted by Crippen LogP contribution is -2.48. The molecule has 12 heteroatoms. The number of urea groups is 1. The van der Waals surface area contributed by atoms with Crippen molar-refractivity contribution < 1.29 is 32.3 Å². The van der Waals surface area contributed by atoms with Crippen LogP contribution in [0.25, 0.3) is 0 Å². The first kappa shape index (κ1) is 29.6. The zero-order valence-corrected chi connectivity index (χ0v) is 22.4. The molecule has 0 radical (unpaired) electrons. The summed E-state index contributed by atoms with van der Waals surface area (Å²) in [6.45, 7) is 1.84. The maximum Gasteiger partial charge on any atom is 0.424 e. The Morgan fingerprint density at radius 2 is 2.02 bits per heavy atom. The van der Waals surface area contributed by atoms with Gasteiger partial charge >= 0.3 is 12.1 Å². The summed E-state index contributed by atoms with van der Waals surface area (Å²) in [5.74, 6) is -3.01. The van der Waals surface area contributed by atoms with Crippen LogP contribution >= 0.6 is 0 Å². The van der Waals surface area contributed by atoms with Crippen molar-refractivity contribution in [3.05, 3.63) is 82.8 Å². The van der Waals surface area contributed by atoms with Gasteiger partial charge in [0.15, 0.2) is 18.4 Å². The van der Waals surface area contributed by atoms with E-state index in [4.69, 9.17) is 4.74 Å². The number of amides is 4. The SMILES string of the molecule is CC1=CCNC(=O)N1C(=O)OCN(C=O)CCN[C@H]1CC[C@@](C#N)(c2ccccc2F)CC1c1ccc(F)c(F)c1. The number of rotatable bonds is 9. The van der Waals surface area contributed by atoms with E-state index in [0.717, 1.165) is 17.0 Å². The highest BCUT2D eigenvalue weighted by atomic mass is 19.2. The molecule has 1 saturated carbocycles. The summed E-state index contributed by atoms with van der Waals surface area (Å²) in [7, 11) is 0. The standard InChI is InChI=1S/C29H30F3N5O4/c1-19-9-11-35-27(39)37(19)28(40)41-18-36(17-38)13-12-34-26-8-10-29(16-33,22-4-2-3-5-23(22)30)15-21(26)20-6-7-24(31)25(32)14-20/h2-7,9,14,17,21,26,34H,8,10-13,15,18H2,1H3,(H,35,39)/t21?,26-,29+/m0/s1. The van der Waals surface area contributed by atoms with Gasteiger partial charge in [-0.2, -0.15) is 5.26 Å². The van der Waals surface area contributed by atoms with Gasteiger partial charge in [0.25, 0.3) is 0 Å². The van der Waals surface area contributed by atoms with Crippen molar-refractivity contribution >= 4 is 18.5 Å². The van der Waals surface area contributed by atoms with Crippen molar-refractivity contribution in [3.63, 3.8) is 0 Å². The summed E-state index contributed by atoms with van der Waals surface area (Å²) in [4.78, 5) is 38.0. The second kappa shape index (κ2) is 12.9. The molecule has 9 nitrogen and oxygen atoms in total. The maximum absolute atomic E-state index is 14.8. The third-order valence-electron chi connectivity index (χ3n) is 7.61. The number of carbonyl (C=O) groups is 3. The molecule has 2 aliphatic rings. The predicted molar refractivity (Wildman–Crippen MR) is 142 cm³/mol. The third kappa shape index (κ3) is 6.52. The maximum atomic E-state index is 14.8. The van der Waals surface area contributed by atoms with Crippen LogP contribution in [0.5, 0.6) is 0 Å². The van der Waals surface area contributed by atoms with Crippen LogP contribution in [0, 0.1) is 28.8 Å². The Hall–Kier alpha value is -4.37. The van der Waals surface area contributed by atoms with Crippen molar-refractivity contribution in [2.45, 2.75) is 43.6 Å². The quantitative estimate of drug-likeness (QED) is 0.344. The number of hydrogen-bond donors (Lipinski definition) is 2. The Labute approximate surface area is 235 Å². The first-order valence-corrected chi connectivity index (χ1v) is 13.1. The van der Waals surface area contributed by atoms with Crippen LogP contribution in [-0.4, -0.2) is 60.7 Å². The van der Waals surface area contributed by atoms with Crippen LogP contribution in [0.3, 0.4) is 0 Å². The van der Waals surface area contributed by atoms with E-state index >= 15 is 0 Å². The molecule has 2 aromatic rings. The second-order valence-electron chi connectivity index (χ2n) is 10.1. The molecule has 1 fully saturated rings.